The number of aromatic hydroxyl groups is 1. The molecule has 0 unspecified atom stereocenters. The maximum atomic E-state index is 12.3. The quantitative estimate of drug-likeness (QED) is 0.913. The molecule has 0 saturated heterocycles. The molecule has 1 amide bonds. The molecule has 116 valence electrons. The summed E-state index contributed by atoms with van der Waals surface area (Å²) in [6, 6.07) is 3.44. The lowest BCUT2D eigenvalue weighted by Gasteiger charge is -2.06. The molecule has 0 aromatic carbocycles. The minimum Gasteiger partial charge on any atom is -0.505 e. The molecule has 1 aliphatic carbocycles. The summed E-state index contributed by atoms with van der Waals surface area (Å²) in [5.41, 5.74) is 1.85. The van der Waals surface area contributed by atoms with Crippen LogP contribution < -0.4 is 5.32 Å². The molecule has 1 aliphatic rings. The van der Waals surface area contributed by atoms with E-state index in [1.807, 2.05) is 13.0 Å². The summed E-state index contributed by atoms with van der Waals surface area (Å²) >= 11 is 0. The van der Waals surface area contributed by atoms with Gasteiger partial charge < -0.3 is 10.4 Å². The molecule has 2 aromatic heterocycles. The van der Waals surface area contributed by atoms with Crippen LogP contribution in [0.1, 0.15) is 53.3 Å². The second-order valence-corrected chi connectivity index (χ2v) is 5.89. The maximum Gasteiger partial charge on any atom is 0.279 e. The van der Waals surface area contributed by atoms with Gasteiger partial charge in [0.1, 0.15) is 11.6 Å². The number of amides is 1. The third kappa shape index (κ3) is 2.81. The van der Waals surface area contributed by atoms with Gasteiger partial charge in [-0.3, -0.25) is 9.48 Å². The van der Waals surface area contributed by atoms with Gasteiger partial charge in [-0.05, 0) is 31.4 Å². The summed E-state index contributed by atoms with van der Waals surface area (Å²) in [5, 5.41) is 17.1. The van der Waals surface area contributed by atoms with Crippen molar-refractivity contribution in [3.05, 3.63) is 35.3 Å². The van der Waals surface area contributed by atoms with E-state index in [1.165, 1.54) is 18.9 Å². The van der Waals surface area contributed by atoms with Crippen LogP contribution in [0.3, 0.4) is 0 Å². The van der Waals surface area contributed by atoms with Crippen LogP contribution in [-0.4, -0.2) is 25.8 Å². The molecule has 3 rings (SSSR count). The van der Waals surface area contributed by atoms with E-state index < -0.39 is 5.91 Å². The van der Waals surface area contributed by atoms with Gasteiger partial charge in [-0.15, -0.1) is 0 Å². The fourth-order valence-corrected chi connectivity index (χ4v) is 2.93. The van der Waals surface area contributed by atoms with Crippen LogP contribution >= 0.6 is 0 Å². The van der Waals surface area contributed by atoms with E-state index in [2.05, 4.69) is 15.4 Å². The first-order chi connectivity index (χ1) is 10.5. The Labute approximate surface area is 129 Å². The third-order valence-electron chi connectivity index (χ3n) is 4.13. The molecule has 0 radical (unpaired) electrons. The Morgan fingerprint density at radius 3 is 2.77 bits per heavy atom. The molecule has 0 bridgehead atoms. The summed E-state index contributed by atoms with van der Waals surface area (Å²) in [6.45, 7) is 1.81. The standard InChI is InChI=1S/C16H20N4O2/c1-10-7-13(21)15(17-9-10)16(22)18-14-8-12(19-20(14)2)11-5-3-4-6-11/h7-9,11,21H,3-6H2,1-2H3,(H,18,22). The molecule has 0 spiro atoms. The van der Waals surface area contributed by atoms with Crippen LogP contribution in [0.15, 0.2) is 18.3 Å². The van der Waals surface area contributed by atoms with Crippen LogP contribution in [0.4, 0.5) is 5.82 Å². The van der Waals surface area contributed by atoms with E-state index in [-0.39, 0.29) is 11.4 Å². The summed E-state index contributed by atoms with van der Waals surface area (Å²) in [6.07, 6.45) is 6.35. The first-order valence-corrected chi connectivity index (χ1v) is 7.55. The van der Waals surface area contributed by atoms with Crippen molar-refractivity contribution in [3.8, 4) is 5.75 Å². The number of rotatable bonds is 3. The second kappa shape index (κ2) is 5.79. The number of aryl methyl sites for hydroxylation is 2. The predicted octanol–water partition coefficient (Wildman–Crippen LogP) is 2.74. The summed E-state index contributed by atoms with van der Waals surface area (Å²) in [5.74, 6) is 0.561. The molecule has 22 heavy (non-hydrogen) atoms. The number of aromatic nitrogens is 3. The van der Waals surface area contributed by atoms with Crippen LogP contribution in [0, 0.1) is 6.92 Å². The lowest BCUT2D eigenvalue weighted by Crippen LogP contribution is -2.16. The van der Waals surface area contributed by atoms with Gasteiger partial charge in [-0.2, -0.15) is 5.10 Å². The summed E-state index contributed by atoms with van der Waals surface area (Å²) < 4.78 is 1.66. The normalized spacial score (nSPS) is 15.2. The van der Waals surface area contributed by atoms with E-state index in [9.17, 15) is 9.90 Å². The van der Waals surface area contributed by atoms with Crippen molar-refractivity contribution < 1.29 is 9.90 Å². The molecule has 6 nitrogen and oxygen atoms in total. The van der Waals surface area contributed by atoms with E-state index in [0.29, 0.717) is 11.7 Å². The largest absolute Gasteiger partial charge is 0.505 e. The molecule has 0 atom stereocenters. The Morgan fingerprint density at radius 1 is 1.36 bits per heavy atom. The number of anilines is 1. The number of hydrogen-bond donors (Lipinski definition) is 2. The molecule has 2 N–H and O–H groups in total. The van der Waals surface area contributed by atoms with Crippen molar-refractivity contribution in [2.45, 2.75) is 38.5 Å². The van der Waals surface area contributed by atoms with Gasteiger partial charge in [0.25, 0.3) is 5.91 Å². The molecule has 2 aromatic rings. The van der Waals surface area contributed by atoms with Crippen LogP contribution in [0.2, 0.25) is 0 Å². The third-order valence-corrected chi connectivity index (χ3v) is 4.13. The lowest BCUT2D eigenvalue weighted by atomic mass is 10.0. The SMILES string of the molecule is Cc1cnc(C(=O)Nc2cc(C3CCCC3)nn2C)c(O)c1. The Morgan fingerprint density at radius 2 is 2.09 bits per heavy atom. The highest BCUT2D eigenvalue weighted by Gasteiger charge is 2.22. The van der Waals surface area contributed by atoms with Gasteiger partial charge in [0.2, 0.25) is 0 Å². The zero-order valence-corrected chi connectivity index (χ0v) is 12.8. The van der Waals surface area contributed by atoms with Crippen LogP contribution in [0.5, 0.6) is 5.75 Å². The summed E-state index contributed by atoms with van der Waals surface area (Å²) in [4.78, 5) is 16.3. The maximum absolute atomic E-state index is 12.3. The number of nitrogens with zero attached hydrogens (tertiary/aromatic N) is 3. The zero-order chi connectivity index (χ0) is 15.7. The van der Waals surface area contributed by atoms with E-state index in [1.54, 1.807) is 17.9 Å². The first kappa shape index (κ1) is 14.6. The zero-order valence-electron chi connectivity index (χ0n) is 12.8. The second-order valence-electron chi connectivity index (χ2n) is 5.89. The highest BCUT2D eigenvalue weighted by Crippen LogP contribution is 2.34. The molecule has 6 heteroatoms. The Balaban J connectivity index is 1.79. The van der Waals surface area contributed by atoms with Crippen molar-refractivity contribution in [2.24, 2.45) is 7.05 Å². The molecule has 2 heterocycles. The van der Waals surface area contributed by atoms with Crippen molar-refractivity contribution in [1.29, 1.82) is 0 Å². The molecule has 0 aliphatic heterocycles. The van der Waals surface area contributed by atoms with Gasteiger partial charge in [-0.25, -0.2) is 4.98 Å². The fourth-order valence-electron chi connectivity index (χ4n) is 2.93. The van der Waals surface area contributed by atoms with Crippen molar-refractivity contribution in [2.75, 3.05) is 5.32 Å². The summed E-state index contributed by atoms with van der Waals surface area (Å²) in [7, 11) is 1.80. The van der Waals surface area contributed by atoms with Gasteiger partial charge >= 0.3 is 0 Å². The average molecular weight is 300 g/mol. The minimum atomic E-state index is -0.432. The Kier molecular flexibility index (Phi) is 3.83. The Hall–Kier alpha value is -2.37. The molecular weight excluding hydrogens is 280 g/mol. The van der Waals surface area contributed by atoms with Crippen molar-refractivity contribution >= 4 is 11.7 Å². The smallest absolute Gasteiger partial charge is 0.279 e. The average Bonchev–Trinajstić information content (AvgIpc) is 3.09. The van der Waals surface area contributed by atoms with Crippen LogP contribution in [-0.2, 0) is 7.05 Å². The topological polar surface area (TPSA) is 80.0 Å². The highest BCUT2D eigenvalue weighted by atomic mass is 16.3. The fraction of sp³-hybridized carbons (Fsp3) is 0.438. The lowest BCUT2D eigenvalue weighted by molar-refractivity contribution is 0.101. The predicted molar refractivity (Wildman–Crippen MR) is 83.0 cm³/mol. The minimum absolute atomic E-state index is 0.0224. The van der Waals surface area contributed by atoms with Gasteiger partial charge in [-0.1, -0.05) is 12.8 Å². The van der Waals surface area contributed by atoms with Crippen molar-refractivity contribution in [3.63, 3.8) is 0 Å². The molecular formula is C16H20N4O2. The van der Waals surface area contributed by atoms with E-state index in [4.69, 9.17) is 0 Å². The molecule has 1 fully saturated rings. The van der Waals surface area contributed by atoms with Gasteiger partial charge in [0.05, 0.1) is 5.69 Å². The Bertz CT molecular complexity index is 702. The number of carbonyl (C=O) groups excluding carboxylic acids is 1. The number of nitrogens with one attached hydrogen (secondary N) is 1. The van der Waals surface area contributed by atoms with Gasteiger partial charge in [0, 0.05) is 25.2 Å². The van der Waals surface area contributed by atoms with Gasteiger partial charge in [0.15, 0.2) is 5.69 Å². The monoisotopic (exact) mass is 300 g/mol. The number of hydrogen-bond acceptors (Lipinski definition) is 4. The first-order valence-electron chi connectivity index (χ1n) is 7.55. The van der Waals surface area contributed by atoms with E-state index in [0.717, 1.165) is 24.1 Å². The number of carbonyl (C=O) groups is 1. The van der Waals surface area contributed by atoms with Crippen molar-refractivity contribution in [1.82, 2.24) is 14.8 Å². The molecule has 1 saturated carbocycles. The van der Waals surface area contributed by atoms with E-state index >= 15 is 0 Å². The number of pyridine rings is 1. The highest BCUT2D eigenvalue weighted by molar-refractivity contribution is 6.04. The van der Waals surface area contributed by atoms with Crippen LogP contribution in [0.25, 0.3) is 0 Å².